The Morgan fingerprint density at radius 1 is 1.17 bits per heavy atom. The molecule has 0 saturated carbocycles. The monoisotopic (exact) mass is 454 g/mol. The first-order chi connectivity index (χ1) is 13.7. The summed E-state index contributed by atoms with van der Waals surface area (Å²) in [6.07, 6.45) is 1.47. The van der Waals surface area contributed by atoms with Gasteiger partial charge in [0.2, 0.25) is 15.9 Å². The van der Waals surface area contributed by atoms with Crippen LogP contribution in [-0.4, -0.2) is 38.9 Å². The predicted molar refractivity (Wildman–Crippen MR) is 123 cm³/mol. The second-order valence-corrected chi connectivity index (χ2v) is 10.1. The summed E-state index contributed by atoms with van der Waals surface area (Å²) in [4.78, 5) is 12.7. The van der Waals surface area contributed by atoms with E-state index in [2.05, 4.69) is 24.4 Å². The van der Waals surface area contributed by atoms with Crippen LogP contribution in [0.25, 0.3) is 0 Å². The van der Waals surface area contributed by atoms with E-state index in [1.165, 1.54) is 15.4 Å². The Balaban J connectivity index is 1.97. The first-order valence-corrected chi connectivity index (χ1v) is 12.8. The van der Waals surface area contributed by atoms with Gasteiger partial charge in [-0.25, -0.2) is 8.42 Å². The largest absolute Gasteiger partial charge is 0.353 e. The minimum absolute atomic E-state index is 0.302. The number of anilines is 1. The minimum Gasteiger partial charge on any atom is -0.353 e. The zero-order chi connectivity index (χ0) is 21.4. The molecule has 1 amide bonds. The second kappa shape index (κ2) is 10.9. The number of thioether (sulfide) groups is 1. The number of hydrogen-bond donors (Lipinski definition) is 1. The Hall–Kier alpha value is -1.70. The van der Waals surface area contributed by atoms with Gasteiger partial charge < -0.3 is 5.32 Å². The summed E-state index contributed by atoms with van der Waals surface area (Å²) in [5.41, 5.74) is 2.95. The highest BCUT2D eigenvalue weighted by atomic mass is 35.5. The van der Waals surface area contributed by atoms with E-state index in [0.29, 0.717) is 23.7 Å². The summed E-state index contributed by atoms with van der Waals surface area (Å²) in [6, 6.07) is 13.9. The normalized spacial score (nSPS) is 12.4. The predicted octanol–water partition coefficient (Wildman–Crippen LogP) is 4.24. The maximum atomic E-state index is 12.7. The van der Waals surface area contributed by atoms with E-state index >= 15 is 0 Å². The third-order valence-corrected chi connectivity index (χ3v) is 6.92. The number of carbonyl (C=O) groups excluding carboxylic acids is 1. The highest BCUT2D eigenvalue weighted by Gasteiger charge is 2.31. The number of benzene rings is 2. The molecule has 0 aliphatic heterocycles. The highest BCUT2D eigenvalue weighted by Crippen LogP contribution is 2.24. The van der Waals surface area contributed by atoms with Crippen molar-refractivity contribution in [3.05, 3.63) is 64.7 Å². The first-order valence-electron chi connectivity index (χ1n) is 9.39. The Kier molecular flexibility index (Phi) is 8.86. The molecule has 0 aromatic heterocycles. The molecular formula is C21H27ClN2O3S2. The van der Waals surface area contributed by atoms with E-state index in [0.717, 1.165) is 17.8 Å². The molecule has 0 aliphatic carbocycles. The van der Waals surface area contributed by atoms with Gasteiger partial charge in [-0.2, -0.15) is 11.8 Å². The molecular weight excluding hydrogens is 428 g/mol. The number of carbonyl (C=O) groups is 1. The number of hydrogen-bond acceptors (Lipinski definition) is 4. The Morgan fingerprint density at radius 2 is 1.83 bits per heavy atom. The zero-order valence-corrected chi connectivity index (χ0v) is 19.3. The first kappa shape index (κ1) is 23.6. The molecule has 158 valence electrons. The third kappa shape index (κ3) is 6.94. The average molecular weight is 455 g/mol. The van der Waals surface area contributed by atoms with Gasteiger partial charge >= 0.3 is 0 Å². The Morgan fingerprint density at radius 3 is 2.41 bits per heavy atom. The molecule has 0 unspecified atom stereocenters. The quantitative estimate of drug-likeness (QED) is 0.545. The van der Waals surface area contributed by atoms with E-state index in [4.69, 9.17) is 11.6 Å². The maximum Gasteiger partial charge on any atom is 0.243 e. The van der Waals surface area contributed by atoms with E-state index in [9.17, 15) is 13.2 Å². The van der Waals surface area contributed by atoms with Gasteiger partial charge in [-0.05, 0) is 48.7 Å². The summed E-state index contributed by atoms with van der Waals surface area (Å²) in [7, 11) is -3.64. The smallest absolute Gasteiger partial charge is 0.243 e. The molecule has 0 spiro atoms. The fourth-order valence-electron chi connectivity index (χ4n) is 2.97. The highest BCUT2D eigenvalue weighted by molar-refractivity contribution is 7.98. The molecule has 5 nitrogen and oxygen atoms in total. The standard InChI is InChI=1S/C21H27ClN2O3S2/c1-4-20(24(29(3,26)27)19-11-9-18(22)10-12-19)21(25)23-13-14-28-15-17-8-6-5-7-16(17)2/h5-12,20H,4,13-15H2,1-3H3,(H,23,25)/t20-/m0/s1. The molecule has 0 aliphatic rings. The van der Waals surface area contributed by atoms with Gasteiger partial charge in [0.1, 0.15) is 6.04 Å². The fourth-order valence-corrected chi connectivity index (χ4v) is 5.24. The number of sulfonamides is 1. The van der Waals surface area contributed by atoms with Gasteiger partial charge in [0.15, 0.2) is 0 Å². The molecule has 2 aromatic carbocycles. The van der Waals surface area contributed by atoms with Crippen molar-refractivity contribution in [3.8, 4) is 0 Å². The van der Waals surface area contributed by atoms with Gasteiger partial charge in [-0.3, -0.25) is 9.10 Å². The average Bonchev–Trinajstić information content (AvgIpc) is 2.67. The van der Waals surface area contributed by atoms with Crippen LogP contribution in [0.4, 0.5) is 5.69 Å². The van der Waals surface area contributed by atoms with E-state index in [1.54, 1.807) is 43.0 Å². The van der Waals surface area contributed by atoms with Gasteiger partial charge in [-0.1, -0.05) is 42.8 Å². The van der Waals surface area contributed by atoms with Crippen molar-refractivity contribution in [2.45, 2.75) is 32.1 Å². The topological polar surface area (TPSA) is 66.5 Å². The number of rotatable bonds is 10. The summed E-state index contributed by atoms with van der Waals surface area (Å²) in [6.45, 7) is 4.36. The van der Waals surface area contributed by atoms with E-state index in [1.807, 2.05) is 12.1 Å². The van der Waals surface area contributed by atoms with Crippen molar-refractivity contribution in [1.82, 2.24) is 5.32 Å². The molecule has 0 heterocycles. The molecule has 0 fully saturated rings. The maximum absolute atomic E-state index is 12.7. The number of nitrogens with zero attached hydrogens (tertiary/aromatic N) is 1. The lowest BCUT2D eigenvalue weighted by atomic mass is 10.1. The molecule has 1 N–H and O–H groups in total. The van der Waals surface area contributed by atoms with E-state index in [-0.39, 0.29) is 5.91 Å². The summed E-state index contributed by atoms with van der Waals surface area (Å²) in [5.74, 6) is 1.32. The van der Waals surface area contributed by atoms with Crippen molar-refractivity contribution >= 4 is 45.0 Å². The second-order valence-electron chi connectivity index (χ2n) is 6.73. The van der Waals surface area contributed by atoms with Crippen LogP contribution < -0.4 is 9.62 Å². The van der Waals surface area contributed by atoms with Crippen LogP contribution in [-0.2, 0) is 20.6 Å². The van der Waals surface area contributed by atoms with Crippen molar-refractivity contribution in [2.75, 3.05) is 22.9 Å². The van der Waals surface area contributed by atoms with Gasteiger partial charge in [0.25, 0.3) is 0 Å². The van der Waals surface area contributed by atoms with Gasteiger partial charge in [-0.15, -0.1) is 0 Å². The van der Waals surface area contributed by atoms with Crippen molar-refractivity contribution in [1.29, 1.82) is 0 Å². The van der Waals surface area contributed by atoms with E-state index < -0.39 is 16.1 Å². The van der Waals surface area contributed by atoms with Crippen LogP contribution in [0, 0.1) is 6.92 Å². The fraction of sp³-hybridized carbons (Fsp3) is 0.381. The van der Waals surface area contributed by atoms with Crippen LogP contribution in [0.1, 0.15) is 24.5 Å². The molecule has 0 saturated heterocycles. The molecule has 2 aromatic rings. The van der Waals surface area contributed by atoms with Crippen molar-refractivity contribution in [2.24, 2.45) is 0 Å². The van der Waals surface area contributed by atoms with Crippen molar-refractivity contribution in [3.63, 3.8) is 0 Å². The van der Waals surface area contributed by atoms with Crippen LogP contribution in [0.15, 0.2) is 48.5 Å². The van der Waals surface area contributed by atoms with Gasteiger partial charge in [0, 0.05) is 23.1 Å². The van der Waals surface area contributed by atoms with Gasteiger partial charge in [0.05, 0.1) is 11.9 Å². The van der Waals surface area contributed by atoms with Crippen LogP contribution in [0.3, 0.4) is 0 Å². The summed E-state index contributed by atoms with van der Waals surface area (Å²) < 4.78 is 26.0. The third-order valence-electron chi connectivity index (χ3n) is 4.48. The number of amides is 1. The number of aryl methyl sites for hydroxylation is 1. The molecule has 29 heavy (non-hydrogen) atoms. The Labute approximate surface area is 182 Å². The van der Waals surface area contributed by atoms with Crippen LogP contribution in [0.2, 0.25) is 5.02 Å². The molecule has 0 radical (unpaired) electrons. The molecule has 1 atom stereocenters. The molecule has 0 bridgehead atoms. The lowest BCUT2D eigenvalue weighted by Crippen LogP contribution is -2.49. The van der Waals surface area contributed by atoms with Crippen molar-refractivity contribution < 1.29 is 13.2 Å². The van der Waals surface area contributed by atoms with Crippen LogP contribution >= 0.6 is 23.4 Å². The summed E-state index contributed by atoms with van der Waals surface area (Å²) >= 11 is 7.64. The lowest BCUT2D eigenvalue weighted by Gasteiger charge is -2.30. The Bertz CT molecular complexity index is 918. The lowest BCUT2D eigenvalue weighted by molar-refractivity contribution is -0.122. The number of nitrogens with one attached hydrogen (secondary N) is 1. The van der Waals surface area contributed by atoms with Crippen LogP contribution in [0.5, 0.6) is 0 Å². The minimum atomic E-state index is -3.64. The SMILES string of the molecule is CC[C@@H](C(=O)NCCSCc1ccccc1C)N(c1ccc(Cl)cc1)S(C)(=O)=O. The summed E-state index contributed by atoms with van der Waals surface area (Å²) in [5, 5.41) is 3.38. The zero-order valence-electron chi connectivity index (χ0n) is 16.9. The number of halogens is 1. The molecule has 8 heteroatoms. The molecule has 2 rings (SSSR count).